The van der Waals surface area contributed by atoms with Crippen LogP contribution in [0.1, 0.15) is 52.7 Å². The Balaban J connectivity index is 1.39. The van der Waals surface area contributed by atoms with Crippen molar-refractivity contribution in [2.75, 3.05) is 0 Å². The van der Waals surface area contributed by atoms with Crippen LogP contribution in [0.4, 0.5) is 0 Å². The Bertz CT molecular complexity index is 1700. The highest BCUT2D eigenvalue weighted by Crippen LogP contribution is 2.37. The summed E-state index contributed by atoms with van der Waals surface area (Å²) in [4.78, 5) is 9.50. The lowest BCUT2D eigenvalue weighted by Crippen LogP contribution is -2.57. The van der Waals surface area contributed by atoms with Gasteiger partial charge in [-0.25, -0.2) is 0 Å². The highest BCUT2D eigenvalue weighted by Gasteiger charge is 2.40. The van der Waals surface area contributed by atoms with Gasteiger partial charge in [0.05, 0.1) is 11.4 Å². The topological polar surface area (TPSA) is 44.2 Å². The fourth-order valence-electron chi connectivity index (χ4n) is 5.86. The van der Waals surface area contributed by atoms with E-state index in [-0.39, 0.29) is 17.5 Å². The lowest BCUT2D eigenvalue weighted by atomic mass is 9.34. The van der Waals surface area contributed by atoms with E-state index in [1.54, 1.807) is 0 Å². The van der Waals surface area contributed by atoms with E-state index in [0.717, 1.165) is 61.9 Å². The number of fused-ring (bicyclic) bond motifs is 4. The first-order chi connectivity index (χ1) is 19.6. The molecule has 0 N–H and O–H groups in total. The molecule has 0 unspecified atom stereocenters. The molecule has 0 aliphatic carbocycles. The summed E-state index contributed by atoms with van der Waals surface area (Å²) in [5.74, 6) is 3.40. The number of ether oxygens (including phenoxy) is 2. The highest BCUT2D eigenvalue weighted by atomic mass is 16.5. The molecule has 7 rings (SSSR count). The van der Waals surface area contributed by atoms with E-state index in [9.17, 15) is 0 Å². The Hall–Kier alpha value is -4.38. The molecule has 0 amide bonds. The second-order valence-corrected chi connectivity index (χ2v) is 13.2. The van der Waals surface area contributed by atoms with E-state index >= 15 is 0 Å². The van der Waals surface area contributed by atoms with Crippen molar-refractivity contribution in [3.05, 3.63) is 102 Å². The average Bonchev–Trinajstić information content (AvgIpc) is 2.96. The van der Waals surface area contributed by atoms with Crippen LogP contribution < -0.4 is 25.9 Å². The average molecular weight is 536 g/mol. The molecule has 2 aliphatic rings. The molecule has 0 saturated heterocycles. The SMILES string of the molecule is CC(C)(C)c1ccnc(-c2ccc3c(c2)B2c4cc(-c5cc(C(C)(C)C)ccn5)ccc4Oc4cccc(c42)O3)c1. The molecule has 2 aliphatic heterocycles. The Morgan fingerprint density at radius 3 is 1.44 bits per heavy atom. The summed E-state index contributed by atoms with van der Waals surface area (Å²) in [6.45, 7) is 13.3. The molecule has 202 valence electrons. The van der Waals surface area contributed by atoms with Crippen LogP contribution in [-0.2, 0) is 10.8 Å². The number of hydrogen-bond donors (Lipinski definition) is 0. The summed E-state index contributed by atoms with van der Waals surface area (Å²) in [5, 5.41) is 0. The number of benzene rings is 3. The van der Waals surface area contributed by atoms with Crippen molar-refractivity contribution in [2.45, 2.75) is 52.4 Å². The molecule has 5 heteroatoms. The molecule has 2 aromatic heterocycles. The van der Waals surface area contributed by atoms with E-state index in [4.69, 9.17) is 19.4 Å². The Labute approximate surface area is 242 Å². The third kappa shape index (κ3) is 4.40. The normalized spacial score (nSPS) is 13.5. The first-order valence-corrected chi connectivity index (χ1v) is 14.3. The summed E-state index contributed by atoms with van der Waals surface area (Å²) < 4.78 is 12.9. The fraction of sp³-hybridized carbons (Fsp3) is 0.222. The van der Waals surface area contributed by atoms with Crippen LogP contribution in [0.2, 0.25) is 0 Å². The van der Waals surface area contributed by atoms with Gasteiger partial charge in [0.15, 0.2) is 0 Å². The maximum Gasteiger partial charge on any atom is 0.260 e. The maximum absolute atomic E-state index is 6.46. The lowest BCUT2D eigenvalue weighted by molar-refractivity contribution is 0.464. The molecule has 5 aromatic rings. The van der Waals surface area contributed by atoms with Crippen LogP contribution in [-0.4, -0.2) is 16.7 Å². The molecule has 0 radical (unpaired) electrons. The summed E-state index contributed by atoms with van der Waals surface area (Å²) >= 11 is 0. The van der Waals surface area contributed by atoms with E-state index < -0.39 is 0 Å². The summed E-state index contributed by atoms with van der Waals surface area (Å²) in [6.07, 6.45) is 3.82. The number of rotatable bonds is 2. The van der Waals surface area contributed by atoms with Gasteiger partial charge in [-0.3, -0.25) is 9.97 Å². The second-order valence-electron chi connectivity index (χ2n) is 13.2. The van der Waals surface area contributed by atoms with E-state index in [0.29, 0.717) is 0 Å². The van der Waals surface area contributed by atoms with Crippen molar-refractivity contribution < 1.29 is 9.47 Å². The van der Waals surface area contributed by atoms with Crippen LogP contribution in [0.25, 0.3) is 22.5 Å². The largest absolute Gasteiger partial charge is 0.458 e. The third-order valence-corrected chi connectivity index (χ3v) is 8.24. The van der Waals surface area contributed by atoms with Gasteiger partial charge in [0.2, 0.25) is 0 Å². The highest BCUT2D eigenvalue weighted by molar-refractivity contribution is 6.98. The molecule has 4 heterocycles. The minimum absolute atomic E-state index is 0.0369. The van der Waals surface area contributed by atoms with Crippen LogP contribution in [0.3, 0.4) is 0 Å². The van der Waals surface area contributed by atoms with Gasteiger partial charge in [-0.1, -0.05) is 59.7 Å². The Kier molecular flexibility index (Phi) is 5.66. The first-order valence-electron chi connectivity index (χ1n) is 14.3. The van der Waals surface area contributed by atoms with Gasteiger partial charge >= 0.3 is 0 Å². The standard InChI is InChI=1S/C36H33BN2O2/c1-35(2,3)24-14-16-38-28(20-24)22-10-12-30-26(18-22)37-27-19-23(29-21-25(15-17-39-29)36(4,5)6)11-13-31(27)41-33-9-7-8-32(40-30)34(33)37/h7-21H,1-6H3. The molecular weight excluding hydrogens is 503 g/mol. The minimum atomic E-state index is -0.0369. The van der Waals surface area contributed by atoms with Gasteiger partial charge in [0.1, 0.15) is 23.0 Å². The Morgan fingerprint density at radius 2 is 1.00 bits per heavy atom. The third-order valence-electron chi connectivity index (χ3n) is 8.24. The number of nitrogens with zero attached hydrogens (tertiary/aromatic N) is 2. The second kappa shape index (κ2) is 9.07. The molecule has 0 fully saturated rings. The van der Waals surface area contributed by atoms with Crippen LogP contribution in [0.15, 0.2) is 91.3 Å². The quantitative estimate of drug-likeness (QED) is 0.221. The minimum Gasteiger partial charge on any atom is -0.458 e. The zero-order valence-corrected chi connectivity index (χ0v) is 24.4. The molecule has 0 spiro atoms. The van der Waals surface area contributed by atoms with Crippen molar-refractivity contribution in [1.82, 2.24) is 9.97 Å². The van der Waals surface area contributed by atoms with Crippen LogP contribution >= 0.6 is 0 Å². The number of pyridine rings is 2. The molecular formula is C36H33BN2O2. The molecule has 0 atom stereocenters. The summed E-state index contributed by atoms with van der Waals surface area (Å²) in [6, 6.07) is 27.5. The molecule has 0 saturated carbocycles. The van der Waals surface area contributed by atoms with Gasteiger partial charge < -0.3 is 9.47 Å². The van der Waals surface area contributed by atoms with E-state index in [1.807, 2.05) is 30.6 Å². The molecule has 0 bridgehead atoms. The zero-order valence-electron chi connectivity index (χ0n) is 24.4. The van der Waals surface area contributed by atoms with Crippen molar-refractivity contribution in [3.8, 4) is 45.5 Å². The molecule has 4 nitrogen and oxygen atoms in total. The van der Waals surface area contributed by atoms with Gasteiger partial charge in [0, 0.05) is 17.9 Å². The van der Waals surface area contributed by atoms with Gasteiger partial charge in [-0.15, -0.1) is 0 Å². The van der Waals surface area contributed by atoms with Crippen LogP contribution in [0, 0.1) is 0 Å². The fourth-order valence-corrected chi connectivity index (χ4v) is 5.86. The van der Waals surface area contributed by atoms with Crippen molar-refractivity contribution >= 4 is 23.1 Å². The number of aromatic nitrogens is 2. The first kappa shape index (κ1) is 25.6. The number of hydrogen-bond acceptors (Lipinski definition) is 4. The Morgan fingerprint density at radius 1 is 0.537 bits per heavy atom. The van der Waals surface area contributed by atoms with Crippen molar-refractivity contribution in [1.29, 1.82) is 0 Å². The monoisotopic (exact) mass is 536 g/mol. The summed E-state index contributed by atoms with van der Waals surface area (Å²) in [7, 11) is 0. The van der Waals surface area contributed by atoms with Gasteiger partial charge in [-0.05, 0) is 105 Å². The van der Waals surface area contributed by atoms with Crippen molar-refractivity contribution in [3.63, 3.8) is 0 Å². The molecule has 41 heavy (non-hydrogen) atoms. The molecule has 3 aromatic carbocycles. The maximum atomic E-state index is 6.46. The van der Waals surface area contributed by atoms with E-state index in [2.05, 4.69) is 102 Å². The summed E-state index contributed by atoms with van der Waals surface area (Å²) in [5.41, 5.74) is 9.96. The van der Waals surface area contributed by atoms with E-state index in [1.165, 1.54) is 11.1 Å². The smallest absolute Gasteiger partial charge is 0.260 e. The van der Waals surface area contributed by atoms with Crippen molar-refractivity contribution in [2.24, 2.45) is 0 Å². The zero-order chi connectivity index (χ0) is 28.5. The van der Waals surface area contributed by atoms with Crippen LogP contribution in [0.5, 0.6) is 23.0 Å². The van der Waals surface area contributed by atoms with Gasteiger partial charge in [0.25, 0.3) is 6.71 Å². The lowest BCUT2D eigenvalue weighted by Gasteiger charge is -2.33. The predicted molar refractivity (Wildman–Crippen MR) is 168 cm³/mol. The predicted octanol–water partition coefficient (Wildman–Crippen LogP) is 7.13. The van der Waals surface area contributed by atoms with Gasteiger partial charge in [-0.2, -0.15) is 0 Å².